The predicted octanol–water partition coefficient (Wildman–Crippen LogP) is 5.13. The van der Waals surface area contributed by atoms with Gasteiger partial charge in [-0.2, -0.15) is 0 Å². The Bertz CT molecular complexity index is 1070. The molecule has 2 aromatic carbocycles. The number of esters is 1. The largest absolute Gasteiger partial charge is 0.469 e. The van der Waals surface area contributed by atoms with Gasteiger partial charge in [0, 0.05) is 34.1 Å². The zero-order valence-corrected chi connectivity index (χ0v) is 17.2. The topological polar surface area (TPSA) is 51.5 Å². The van der Waals surface area contributed by atoms with Crippen LogP contribution in [0.5, 0.6) is 0 Å². The fraction of sp³-hybridized carbons (Fsp3) is 0.348. The standard InChI is InChI=1S/C23H23ClFNO3/c1-13(27)19-10-17(25)11-20-18-8-5-15(9-21(28)29-2)22(18)26(23(19)20)12-14-3-6-16(24)7-4-14/h3-4,6-7,10-11,13,15,27H,5,8-9,12H2,1-2H3/t13?,15-/m1/s1/i21+2. The summed E-state index contributed by atoms with van der Waals surface area (Å²) in [6, 6.07) is 10.5. The molecule has 0 radical (unpaired) electrons. The van der Waals surface area contributed by atoms with Gasteiger partial charge in [-0.25, -0.2) is 4.39 Å². The second-order valence-corrected chi connectivity index (χ2v) is 8.10. The maximum absolute atomic E-state index is 14.4. The Labute approximate surface area is 173 Å². The Kier molecular flexibility index (Phi) is 5.36. The molecule has 0 saturated heterocycles. The maximum atomic E-state index is 14.4. The van der Waals surface area contributed by atoms with Gasteiger partial charge in [-0.1, -0.05) is 23.7 Å². The molecule has 0 amide bonds. The molecule has 1 heterocycles. The Morgan fingerprint density at radius 1 is 1.34 bits per heavy atom. The van der Waals surface area contributed by atoms with E-state index < -0.39 is 6.10 Å². The van der Waals surface area contributed by atoms with Gasteiger partial charge in [0.05, 0.1) is 25.2 Å². The molecule has 1 aliphatic carbocycles. The number of carbonyl (C=O) groups excluding carboxylic acids is 1. The number of carbonyl (C=O) groups is 1. The number of ether oxygens (including phenoxy) is 1. The second kappa shape index (κ2) is 7.81. The van der Waals surface area contributed by atoms with Crippen LogP contribution in [0, 0.1) is 5.82 Å². The van der Waals surface area contributed by atoms with E-state index >= 15 is 0 Å². The first kappa shape index (κ1) is 19.9. The van der Waals surface area contributed by atoms with E-state index in [2.05, 4.69) is 4.57 Å². The van der Waals surface area contributed by atoms with Crippen LogP contribution in [0.15, 0.2) is 36.4 Å². The van der Waals surface area contributed by atoms with Crippen LogP contribution in [0.3, 0.4) is 0 Å². The summed E-state index contributed by atoms with van der Waals surface area (Å²) in [5, 5.41) is 11.8. The number of rotatable bonds is 5. The van der Waals surface area contributed by atoms with Crippen LogP contribution in [-0.2, 0) is 22.5 Å². The second-order valence-electron chi connectivity index (χ2n) is 7.66. The number of hydrogen-bond acceptors (Lipinski definition) is 3. The molecule has 1 N–H and O–H groups in total. The highest BCUT2D eigenvalue weighted by molar-refractivity contribution is 6.30. The van der Waals surface area contributed by atoms with E-state index in [9.17, 15) is 14.3 Å². The molecule has 2 atom stereocenters. The molecule has 3 aromatic rings. The summed E-state index contributed by atoms with van der Waals surface area (Å²) in [5.74, 6) is -0.619. The number of fused-ring (bicyclic) bond motifs is 3. The molecule has 0 bridgehead atoms. The van der Waals surface area contributed by atoms with E-state index in [1.165, 1.54) is 13.2 Å². The predicted molar refractivity (Wildman–Crippen MR) is 111 cm³/mol. The molecule has 1 aromatic heterocycles. The summed E-state index contributed by atoms with van der Waals surface area (Å²) >= 11 is 6.03. The summed E-state index contributed by atoms with van der Waals surface area (Å²) in [4.78, 5) is 12.0. The van der Waals surface area contributed by atoms with Crippen molar-refractivity contribution in [2.24, 2.45) is 0 Å². The van der Waals surface area contributed by atoms with Crippen molar-refractivity contribution < 1.29 is 19.0 Å². The molecular formula is C23H23ClFNO3. The number of nitrogens with zero attached hydrogens (tertiary/aromatic N) is 1. The molecule has 6 heteroatoms. The summed E-state index contributed by atoms with van der Waals surface area (Å²) in [6.45, 7) is 2.19. The van der Waals surface area contributed by atoms with Gasteiger partial charge < -0.3 is 14.4 Å². The first-order chi connectivity index (χ1) is 13.9. The van der Waals surface area contributed by atoms with E-state index in [-0.39, 0.29) is 24.1 Å². The Morgan fingerprint density at radius 3 is 2.72 bits per heavy atom. The van der Waals surface area contributed by atoms with Crippen LogP contribution in [-0.4, -0.2) is 22.8 Å². The summed E-state index contributed by atoms with van der Waals surface area (Å²) < 4.78 is 21.4. The highest BCUT2D eigenvalue weighted by Crippen LogP contribution is 2.44. The normalized spacial score (nSPS) is 16.8. The van der Waals surface area contributed by atoms with E-state index in [4.69, 9.17) is 16.3 Å². The van der Waals surface area contributed by atoms with Gasteiger partial charge in [0.15, 0.2) is 0 Å². The van der Waals surface area contributed by atoms with Crippen LogP contribution < -0.4 is 0 Å². The van der Waals surface area contributed by atoms with Crippen molar-refractivity contribution in [1.82, 2.24) is 4.57 Å². The fourth-order valence-electron chi connectivity index (χ4n) is 4.50. The molecule has 1 aliphatic rings. The lowest BCUT2D eigenvalue weighted by Gasteiger charge is -2.18. The van der Waals surface area contributed by atoms with Gasteiger partial charge in [-0.3, -0.25) is 4.79 Å². The number of benzene rings is 2. The minimum absolute atomic E-state index is 0.00191. The SMILES string of the molecule is CO[14C](=O)C[C@H]1CCc2c1n(Cc1ccc(Cl)cc1)c1c(C(C)O)cc(F)cc21. The monoisotopic (exact) mass is 417 g/mol. The number of aliphatic hydroxyl groups is 1. The lowest BCUT2D eigenvalue weighted by Crippen LogP contribution is -2.12. The number of aromatic nitrogens is 1. The lowest BCUT2D eigenvalue weighted by atomic mass is 10.0. The number of halogens is 2. The number of aryl methyl sites for hydroxylation is 1. The van der Waals surface area contributed by atoms with Crippen LogP contribution in [0.4, 0.5) is 4.39 Å². The molecule has 4 nitrogen and oxygen atoms in total. The van der Waals surface area contributed by atoms with Crippen molar-refractivity contribution in [3.63, 3.8) is 0 Å². The lowest BCUT2D eigenvalue weighted by molar-refractivity contribution is -0.141. The van der Waals surface area contributed by atoms with Crippen molar-refractivity contribution in [2.45, 2.75) is 44.8 Å². The Morgan fingerprint density at radius 2 is 2.07 bits per heavy atom. The summed E-state index contributed by atoms with van der Waals surface area (Å²) in [5.41, 5.74) is 4.52. The quantitative estimate of drug-likeness (QED) is 0.585. The van der Waals surface area contributed by atoms with E-state index in [0.29, 0.717) is 17.1 Å². The molecular weight excluding hydrogens is 395 g/mol. The van der Waals surface area contributed by atoms with Crippen LogP contribution in [0.25, 0.3) is 10.9 Å². The van der Waals surface area contributed by atoms with Gasteiger partial charge in [0.25, 0.3) is 0 Å². The van der Waals surface area contributed by atoms with Crippen molar-refractivity contribution in [2.75, 3.05) is 7.11 Å². The first-order valence-electron chi connectivity index (χ1n) is 9.72. The zero-order chi connectivity index (χ0) is 20.7. The molecule has 0 fully saturated rings. The number of hydrogen-bond donors (Lipinski definition) is 1. The molecule has 152 valence electrons. The Balaban J connectivity index is 1.93. The molecule has 29 heavy (non-hydrogen) atoms. The fourth-order valence-corrected chi connectivity index (χ4v) is 4.62. The smallest absolute Gasteiger partial charge is 0.306 e. The van der Waals surface area contributed by atoms with Crippen LogP contribution >= 0.6 is 11.6 Å². The highest BCUT2D eigenvalue weighted by Gasteiger charge is 2.33. The number of aliphatic hydroxyl groups excluding tert-OH is 1. The van der Waals surface area contributed by atoms with Gasteiger partial charge in [0.1, 0.15) is 5.82 Å². The molecule has 4 rings (SSSR count). The van der Waals surface area contributed by atoms with Gasteiger partial charge in [-0.05, 0) is 55.2 Å². The van der Waals surface area contributed by atoms with Gasteiger partial charge in [0.2, 0.25) is 0 Å². The van der Waals surface area contributed by atoms with Gasteiger partial charge >= 0.3 is 5.97 Å². The van der Waals surface area contributed by atoms with Crippen LogP contribution in [0.1, 0.15) is 54.2 Å². The third kappa shape index (κ3) is 3.65. The van der Waals surface area contributed by atoms with E-state index in [0.717, 1.165) is 40.6 Å². The molecule has 0 spiro atoms. The van der Waals surface area contributed by atoms with Crippen LogP contribution in [0.2, 0.25) is 5.02 Å². The molecule has 0 aliphatic heterocycles. The minimum atomic E-state index is -0.814. The summed E-state index contributed by atoms with van der Waals surface area (Å²) in [6.07, 6.45) is 1.05. The van der Waals surface area contributed by atoms with Crippen molar-refractivity contribution >= 4 is 28.5 Å². The van der Waals surface area contributed by atoms with E-state index in [1.807, 2.05) is 24.3 Å². The average Bonchev–Trinajstić information content (AvgIpc) is 3.22. The maximum Gasteiger partial charge on any atom is 0.306 e. The number of methoxy groups -OCH3 is 1. The van der Waals surface area contributed by atoms with Gasteiger partial charge in [-0.15, -0.1) is 0 Å². The molecule has 0 saturated carbocycles. The van der Waals surface area contributed by atoms with Crippen molar-refractivity contribution in [3.05, 3.63) is 69.6 Å². The van der Waals surface area contributed by atoms with Crippen molar-refractivity contribution in [3.8, 4) is 0 Å². The highest BCUT2D eigenvalue weighted by atomic mass is 35.5. The Hall–Kier alpha value is -2.37. The van der Waals surface area contributed by atoms with Crippen molar-refractivity contribution in [1.29, 1.82) is 0 Å². The average molecular weight is 418 g/mol. The minimum Gasteiger partial charge on any atom is -0.469 e. The molecule has 1 unspecified atom stereocenters. The summed E-state index contributed by atoms with van der Waals surface area (Å²) in [7, 11) is 1.39. The third-order valence-electron chi connectivity index (χ3n) is 5.77. The zero-order valence-electron chi connectivity index (χ0n) is 16.4. The first-order valence-corrected chi connectivity index (χ1v) is 10.1. The third-order valence-corrected chi connectivity index (χ3v) is 6.03. The van der Waals surface area contributed by atoms with E-state index in [1.54, 1.807) is 13.0 Å².